The number of alkyl halides is 3. The van der Waals surface area contributed by atoms with Gasteiger partial charge in [-0.15, -0.1) is 0 Å². The third-order valence-electron chi connectivity index (χ3n) is 5.56. The number of carbonyl (C=O) groups is 2. The van der Waals surface area contributed by atoms with Crippen LogP contribution in [0.1, 0.15) is 32.8 Å². The zero-order valence-electron chi connectivity index (χ0n) is 20.1. The molecule has 0 bridgehead atoms. The predicted molar refractivity (Wildman–Crippen MR) is 139 cm³/mol. The van der Waals surface area contributed by atoms with E-state index in [1.54, 1.807) is 12.1 Å². The summed E-state index contributed by atoms with van der Waals surface area (Å²) in [5.41, 5.74) is 1.50. The highest BCUT2D eigenvalue weighted by molar-refractivity contribution is 6.30. The van der Waals surface area contributed by atoms with Crippen LogP contribution in [0.15, 0.2) is 95.0 Å². The second kappa shape index (κ2) is 11.4. The molecule has 1 aromatic heterocycles. The lowest BCUT2D eigenvalue weighted by Crippen LogP contribution is -2.34. The number of carbonyl (C=O) groups excluding carboxylic acids is 2. The van der Waals surface area contributed by atoms with E-state index in [2.05, 4.69) is 10.6 Å². The van der Waals surface area contributed by atoms with Gasteiger partial charge in [-0.2, -0.15) is 13.2 Å². The molecular formula is C29H22ClF3N2O3. The number of hydrogen-bond acceptors (Lipinski definition) is 3. The summed E-state index contributed by atoms with van der Waals surface area (Å²) in [5.74, 6) is -0.798. The van der Waals surface area contributed by atoms with Crippen molar-refractivity contribution < 1.29 is 27.2 Å². The summed E-state index contributed by atoms with van der Waals surface area (Å²) in [6.07, 6.45) is -3.19. The maximum atomic E-state index is 13.1. The molecule has 0 unspecified atom stereocenters. The fourth-order valence-electron chi connectivity index (χ4n) is 3.51. The summed E-state index contributed by atoms with van der Waals surface area (Å²) in [4.78, 5) is 25.9. The van der Waals surface area contributed by atoms with E-state index < -0.39 is 23.6 Å². The molecule has 194 valence electrons. The maximum Gasteiger partial charge on any atom is 0.416 e. The van der Waals surface area contributed by atoms with Crippen molar-refractivity contribution in [2.24, 2.45) is 0 Å². The molecule has 0 aliphatic carbocycles. The fourth-order valence-corrected chi connectivity index (χ4v) is 3.64. The van der Waals surface area contributed by atoms with Crippen LogP contribution in [0.3, 0.4) is 0 Å². The normalized spacial score (nSPS) is 11.8. The second-order valence-electron chi connectivity index (χ2n) is 8.47. The average Bonchev–Trinajstić information content (AvgIpc) is 3.36. The first-order valence-corrected chi connectivity index (χ1v) is 11.9. The number of hydrogen-bond donors (Lipinski definition) is 2. The molecule has 3 aromatic carbocycles. The van der Waals surface area contributed by atoms with Gasteiger partial charge in [0.15, 0.2) is 0 Å². The van der Waals surface area contributed by atoms with Crippen molar-refractivity contribution in [1.82, 2.24) is 10.6 Å². The van der Waals surface area contributed by atoms with Gasteiger partial charge in [0.1, 0.15) is 17.2 Å². The van der Waals surface area contributed by atoms with E-state index in [9.17, 15) is 22.8 Å². The van der Waals surface area contributed by atoms with Gasteiger partial charge in [-0.05, 0) is 61.0 Å². The molecule has 0 fully saturated rings. The summed E-state index contributed by atoms with van der Waals surface area (Å²) in [6, 6.07) is 21.4. The van der Waals surface area contributed by atoms with Crippen molar-refractivity contribution in [2.45, 2.75) is 19.6 Å². The highest BCUT2D eigenvalue weighted by atomic mass is 35.5. The first-order valence-electron chi connectivity index (χ1n) is 11.5. The van der Waals surface area contributed by atoms with Crippen LogP contribution in [-0.2, 0) is 17.5 Å². The van der Waals surface area contributed by atoms with Crippen molar-refractivity contribution in [3.63, 3.8) is 0 Å². The molecule has 2 N–H and O–H groups in total. The van der Waals surface area contributed by atoms with Crippen LogP contribution in [0.2, 0.25) is 5.02 Å². The van der Waals surface area contributed by atoms with Gasteiger partial charge < -0.3 is 15.1 Å². The number of amides is 2. The lowest BCUT2D eigenvalue weighted by molar-refractivity contribution is -0.137. The van der Waals surface area contributed by atoms with E-state index in [4.69, 9.17) is 16.0 Å². The zero-order chi connectivity index (χ0) is 27.3. The highest BCUT2D eigenvalue weighted by Gasteiger charge is 2.30. The Hall–Kier alpha value is -4.30. The first-order chi connectivity index (χ1) is 18.1. The Morgan fingerprint density at radius 3 is 2.34 bits per heavy atom. The quantitative estimate of drug-likeness (QED) is 0.248. The molecule has 0 atom stereocenters. The molecule has 9 heteroatoms. The van der Waals surface area contributed by atoms with E-state index in [0.717, 1.165) is 23.3 Å². The average molecular weight is 539 g/mol. The van der Waals surface area contributed by atoms with Crippen molar-refractivity contribution in [2.75, 3.05) is 0 Å². The Morgan fingerprint density at radius 2 is 1.66 bits per heavy atom. The Labute approximate surface area is 221 Å². The zero-order valence-corrected chi connectivity index (χ0v) is 20.9. The van der Waals surface area contributed by atoms with Crippen molar-refractivity contribution in [1.29, 1.82) is 0 Å². The third-order valence-corrected chi connectivity index (χ3v) is 5.81. The SMILES string of the molecule is Cc1ccc(CNC(=O)/C(=C/c2ccc(-c3cccc(C(F)(F)F)c3)o2)NC(=O)c2ccc(Cl)cc2)cc1. The summed E-state index contributed by atoms with van der Waals surface area (Å²) >= 11 is 5.89. The van der Waals surface area contributed by atoms with Crippen LogP contribution in [0.5, 0.6) is 0 Å². The standard InChI is InChI=1S/C29H22ClF3N2O3/c1-18-5-7-19(8-6-18)17-34-28(37)25(35-27(36)20-9-11-23(30)12-10-20)16-24-13-14-26(38-24)21-3-2-4-22(15-21)29(31,32)33/h2-16H,17H2,1H3,(H,34,37)(H,35,36)/b25-16-. The Kier molecular flexibility index (Phi) is 8.02. The summed E-state index contributed by atoms with van der Waals surface area (Å²) in [5, 5.41) is 5.79. The molecule has 4 aromatic rings. The molecule has 38 heavy (non-hydrogen) atoms. The van der Waals surface area contributed by atoms with Gasteiger partial charge >= 0.3 is 6.18 Å². The van der Waals surface area contributed by atoms with Gasteiger partial charge in [0.25, 0.3) is 11.8 Å². The molecule has 2 amide bonds. The van der Waals surface area contributed by atoms with E-state index in [1.807, 2.05) is 31.2 Å². The Balaban J connectivity index is 1.59. The monoisotopic (exact) mass is 538 g/mol. The molecule has 0 saturated heterocycles. The Morgan fingerprint density at radius 1 is 0.947 bits per heavy atom. The smallest absolute Gasteiger partial charge is 0.416 e. The van der Waals surface area contributed by atoms with E-state index in [0.29, 0.717) is 5.02 Å². The number of furan rings is 1. The van der Waals surface area contributed by atoms with Crippen LogP contribution in [0, 0.1) is 6.92 Å². The lowest BCUT2D eigenvalue weighted by atomic mass is 10.1. The number of nitrogens with one attached hydrogen (secondary N) is 2. The molecule has 4 rings (SSSR count). The van der Waals surface area contributed by atoms with Gasteiger partial charge in [-0.25, -0.2) is 0 Å². The molecule has 0 radical (unpaired) electrons. The molecular weight excluding hydrogens is 517 g/mol. The van der Waals surface area contributed by atoms with Crippen LogP contribution in [0.4, 0.5) is 13.2 Å². The van der Waals surface area contributed by atoms with Crippen molar-refractivity contribution in [3.05, 3.63) is 124 Å². The topological polar surface area (TPSA) is 71.3 Å². The molecule has 0 saturated carbocycles. The first kappa shape index (κ1) is 26.8. The second-order valence-corrected chi connectivity index (χ2v) is 8.90. The predicted octanol–water partition coefficient (Wildman–Crippen LogP) is 7.01. The minimum absolute atomic E-state index is 0.109. The van der Waals surface area contributed by atoms with E-state index in [-0.39, 0.29) is 34.9 Å². The van der Waals surface area contributed by atoms with Crippen LogP contribution in [-0.4, -0.2) is 11.8 Å². The number of rotatable bonds is 7. The summed E-state index contributed by atoms with van der Waals surface area (Å²) in [7, 11) is 0. The largest absolute Gasteiger partial charge is 0.457 e. The molecule has 1 heterocycles. The summed E-state index contributed by atoms with van der Waals surface area (Å²) < 4.78 is 45.1. The number of benzene rings is 3. The molecule has 0 aliphatic heterocycles. The molecule has 0 aliphatic rings. The van der Waals surface area contributed by atoms with E-state index >= 15 is 0 Å². The molecule has 5 nitrogen and oxygen atoms in total. The highest BCUT2D eigenvalue weighted by Crippen LogP contribution is 2.32. The minimum Gasteiger partial charge on any atom is -0.457 e. The van der Waals surface area contributed by atoms with Crippen LogP contribution >= 0.6 is 11.6 Å². The van der Waals surface area contributed by atoms with Crippen LogP contribution in [0.25, 0.3) is 17.4 Å². The molecule has 0 spiro atoms. The Bertz CT molecular complexity index is 1470. The summed E-state index contributed by atoms with van der Waals surface area (Å²) in [6.45, 7) is 2.16. The van der Waals surface area contributed by atoms with Gasteiger partial charge in [-0.3, -0.25) is 9.59 Å². The van der Waals surface area contributed by atoms with Gasteiger partial charge in [0.2, 0.25) is 0 Å². The van der Waals surface area contributed by atoms with Crippen molar-refractivity contribution >= 4 is 29.5 Å². The van der Waals surface area contributed by atoms with Crippen LogP contribution < -0.4 is 10.6 Å². The third kappa shape index (κ3) is 6.92. The maximum absolute atomic E-state index is 13.1. The van der Waals surface area contributed by atoms with Gasteiger partial charge in [0.05, 0.1) is 5.56 Å². The fraction of sp³-hybridized carbons (Fsp3) is 0.103. The van der Waals surface area contributed by atoms with Gasteiger partial charge in [-0.1, -0.05) is 53.6 Å². The van der Waals surface area contributed by atoms with Gasteiger partial charge in [0, 0.05) is 28.8 Å². The lowest BCUT2D eigenvalue weighted by Gasteiger charge is -2.11. The number of aryl methyl sites for hydroxylation is 1. The van der Waals surface area contributed by atoms with E-state index in [1.165, 1.54) is 42.5 Å². The van der Waals surface area contributed by atoms with Crippen molar-refractivity contribution in [3.8, 4) is 11.3 Å². The minimum atomic E-state index is -4.50. The number of halogens is 4.